The zero-order chi connectivity index (χ0) is 22.3. The third kappa shape index (κ3) is 10.5. The predicted octanol–water partition coefficient (Wildman–Crippen LogP) is 5.32. The fourth-order valence-electron chi connectivity index (χ4n) is 2.39. The number of carbonyl (C=O) groups excluding carboxylic acids is 2. The molecule has 0 aliphatic carbocycles. The van der Waals surface area contributed by atoms with Gasteiger partial charge in [-0.3, -0.25) is 0 Å². The molecular weight excluding hydrogens is 392 g/mol. The minimum absolute atomic E-state index is 0.142. The van der Waals surface area contributed by atoms with Crippen molar-refractivity contribution in [3.8, 4) is 0 Å². The first-order valence-electron chi connectivity index (χ1n) is 9.86. The zero-order valence-corrected chi connectivity index (χ0v) is 17.4. The van der Waals surface area contributed by atoms with Gasteiger partial charge in [-0.25, -0.2) is 9.59 Å². The second kappa shape index (κ2) is 13.4. The third-order valence-corrected chi connectivity index (χ3v) is 3.96. The van der Waals surface area contributed by atoms with Crippen molar-refractivity contribution >= 4 is 24.1 Å². The predicted molar refractivity (Wildman–Crippen MR) is 121 cm³/mol. The van der Waals surface area contributed by atoms with Crippen molar-refractivity contribution in [3.63, 3.8) is 0 Å². The number of carbonyl (C=O) groups is 2. The number of benzene rings is 2. The van der Waals surface area contributed by atoms with Crippen LogP contribution in [0.25, 0.3) is 12.2 Å². The molecule has 0 saturated carbocycles. The minimum Gasteiger partial charge on any atom is -0.467 e. The van der Waals surface area contributed by atoms with E-state index in [0.29, 0.717) is 24.4 Å². The van der Waals surface area contributed by atoms with E-state index in [9.17, 15) is 9.59 Å². The van der Waals surface area contributed by atoms with Gasteiger partial charge in [0.2, 0.25) is 0 Å². The van der Waals surface area contributed by atoms with Gasteiger partial charge in [0.05, 0.1) is 24.7 Å². The fraction of sp³-hybridized carbons (Fsp3) is 0.154. The maximum absolute atomic E-state index is 11.7. The van der Waals surface area contributed by atoms with Crippen LogP contribution in [0.5, 0.6) is 0 Å². The normalized spacial score (nSPS) is 10.7. The molecule has 31 heavy (non-hydrogen) atoms. The van der Waals surface area contributed by atoms with Crippen molar-refractivity contribution in [1.82, 2.24) is 0 Å². The number of ether oxygens (including phenoxy) is 3. The third-order valence-electron chi connectivity index (χ3n) is 3.96. The highest BCUT2D eigenvalue weighted by Gasteiger charge is 2.04. The smallest absolute Gasteiger partial charge is 0.330 e. The van der Waals surface area contributed by atoms with Gasteiger partial charge in [0.25, 0.3) is 0 Å². The molecule has 160 valence electrons. The Bertz CT molecular complexity index is 849. The molecule has 0 aliphatic heterocycles. The van der Waals surface area contributed by atoms with Gasteiger partial charge in [-0.05, 0) is 23.3 Å². The molecular formula is C26H26O5. The molecule has 2 aromatic carbocycles. The Morgan fingerprint density at radius 3 is 1.45 bits per heavy atom. The van der Waals surface area contributed by atoms with E-state index in [2.05, 4.69) is 13.2 Å². The number of esters is 2. The van der Waals surface area contributed by atoms with E-state index in [1.54, 1.807) is 12.2 Å². The molecule has 0 aliphatic rings. The second-order valence-electron chi connectivity index (χ2n) is 6.50. The molecule has 0 saturated heterocycles. The van der Waals surface area contributed by atoms with Gasteiger partial charge in [0.1, 0.15) is 0 Å². The van der Waals surface area contributed by atoms with Gasteiger partial charge >= 0.3 is 11.9 Å². The Kier molecular flexibility index (Phi) is 10.1. The van der Waals surface area contributed by atoms with E-state index in [-0.39, 0.29) is 13.2 Å². The van der Waals surface area contributed by atoms with Crippen LogP contribution in [0.3, 0.4) is 0 Å². The van der Waals surface area contributed by atoms with Gasteiger partial charge in [0, 0.05) is 25.0 Å². The molecule has 0 bridgehead atoms. The molecule has 0 N–H and O–H groups in total. The minimum atomic E-state index is -0.439. The lowest BCUT2D eigenvalue weighted by molar-refractivity contribution is -0.138. The average molecular weight is 418 g/mol. The van der Waals surface area contributed by atoms with Gasteiger partial charge in [-0.1, -0.05) is 73.8 Å². The van der Waals surface area contributed by atoms with Gasteiger partial charge in [-0.2, -0.15) is 0 Å². The summed E-state index contributed by atoms with van der Waals surface area (Å²) in [5, 5.41) is 0. The van der Waals surface area contributed by atoms with Crippen LogP contribution < -0.4 is 0 Å². The van der Waals surface area contributed by atoms with E-state index in [4.69, 9.17) is 14.2 Å². The maximum atomic E-state index is 11.7. The van der Waals surface area contributed by atoms with Crippen LogP contribution in [-0.2, 0) is 23.8 Å². The topological polar surface area (TPSA) is 61.8 Å². The standard InChI is InChI=1S/C26H26O5/c1-21(17-19-29-25(27)15-13-23-9-5-3-6-10-23)31-22(2)18-20-30-26(28)16-14-24-11-7-4-8-12-24/h3-16H,1-2,17-20H2. The summed E-state index contributed by atoms with van der Waals surface area (Å²) in [7, 11) is 0. The van der Waals surface area contributed by atoms with Crippen LogP contribution in [0, 0.1) is 0 Å². The molecule has 0 spiro atoms. The summed E-state index contributed by atoms with van der Waals surface area (Å²) in [5.41, 5.74) is 1.83. The number of hydrogen-bond acceptors (Lipinski definition) is 5. The SMILES string of the molecule is C=C(CCOC(=O)C=Cc1ccccc1)OC(=C)CCOC(=O)C=Cc1ccccc1. The summed E-state index contributed by atoms with van der Waals surface area (Å²) in [5.74, 6) is -0.0443. The summed E-state index contributed by atoms with van der Waals surface area (Å²) in [6, 6.07) is 18.9. The Hall–Kier alpha value is -3.86. The Labute approximate surface area is 183 Å². The van der Waals surface area contributed by atoms with Crippen molar-refractivity contribution in [2.45, 2.75) is 12.8 Å². The first-order valence-corrected chi connectivity index (χ1v) is 9.86. The quantitative estimate of drug-likeness (QED) is 0.265. The maximum Gasteiger partial charge on any atom is 0.330 e. The molecule has 2 aromatic rings. The molecule has 5 heteroatoms. The molecule has 0 unspecified atom stereocenters. The summed E-state index contributed by atoms with van der Waals surface area (Å²) >= 11 is 0. The van der Waals surface area contributed by atoms with Crippen LogP contribution >= 0.6 is 0 Å². The molecule has 0 radical (unpaired) electrons. The van der Waals surface area contributed by atoms with E-state index in [1.165, 1.54) is 12.2 Å². The van der Waals surface area contributed by atoms with Gasteiger partial charge in [-0.15, -0.1) is 0 Å². The Balaban J connectivity index is 1.57. The highest BCUT2D eigenvalue weighted by molar-refractivity contribution is 5.87. The molecule has 0 atom stereocenters. The highest BCUT2D eigenvalue weighted by Crippen LogP contribution is 2.11. The van der Waals surface area contributed by atoms with E-state index >= 15 is 0 Å². The molecule has 0 aromatic heterocycles. The van der Waals surface area contributed by atoms with Crippen LogP contribution in [0.4, 0.5) is 0 Å². The summed E-state index contributed by atoms with van der Waals surface area (Å²) in [4.78, 5) is 23.4. The Morgan fingerprint density at radius 2 is 1.06 bits per heavy atom. The van der Waals surface area contributed by atoms with Crippen LogP contribution in [-0.4, -0.2) is 25.2 Å². The first kappa shape index (κ1) is 23.4. The van der Waals surface area contributed by atoms with Crippen molar-refractivity contribution in [2.75, 3.05) is 13.2 Å². The zero-order valence-electron chi connectivity index (χ0n) is 17.4. The van der Waals surface area contributed by atoms with Crippen LogP contribution in [0.15, 0.2) is 97.5 Å². The average Bonchev–Trinajstić information content (AvgIpc) is 2.77. The molecule has 5 nitrogen and oxygen atoms in total. The molecule has 0 amide bonds. The highest BCUT2D eigenvalue weighted by atomic mass is 16.5. The molecule has 0 fully saturated rings. The van der Waals surface area contributed by atoms with Gasteiger partial charge < -0.3 is 14.2 Å². The van der Waals surface area contributed by atoms with E-state index in [1.807, 2.05) is 60.7 Å². The van der Waals surface area contributed by atoms with Crippen molar-refractivity contribution in [1.29, 1.82) is 0 Å². The lowest BCUT2D eigenvalue weighted by Crippen LogP contribution is -2.06. The van der Waals surface area contributed by atoms with Crippen LogP contribution in [0.1, 0.15) is 24.0 Å². The summed E-state index contributed by atoms with van der Waals surface area (Å²) in [6.45, 7) is 7.84. The number of rotatable bonds is 12. The number of hydrogen-bond donors (Lipinski definition) is 0. The monoisotopic (exact) mass is 418 g/mol. The van der Waals surface area contributed by atoms with Gasteiger partial charge in [0.15, 0.2) is 0 Å². The Morgan fingerprint density at radius 1 is 0.677 bits per heavy atom. The largest absolute Gasteiger partial charge is 0.467 e. The van der Waals surface area contributed by atoms with Crippen molar-refractivity contribution < 1.29 is 23.8 Å². The molecule has 0 heterocycles. The fourth-order valence-corrected chi connectivity index (χ4v) is 2.39. The first-order chi connectivity index (χ1) is 15.0. The summed E-state index contributed by atoms with van der Waals surface area (Å²) in [6.07, 6.45) is 6.79. The lowest BCUT2D eigenvalue weighted by Gasteiger charge is -2.11. The lowest BCUT2D eigenvalue weighted by atomic mass is 10.2. The van der Waals surface area contributed by atoms with E-state index in [0.717, 1.165) is 11.1 Å². The van der Waals surface area contributed by atoms with Crippen molar-refractivity contribution in [2.24, 2.45) is 0 Å². The van der Waals surface area contributed by atoms with E-state index < -0.39 is 11.9 Å². The molecule has 2 rings (SSSR count). The second-order valence-corrected chi connectivity index (χ2v) is 6.50. The van der Waals surface area contributed by atoms with Crippen LogP contribution in [0.2, 0.25) is 0 Å². The summed E-state index contributed by atoms with van der Waals surface area (Å²) < 4.78 is 15.7. The van der Waals surface area contributed by atoms with Crippen molar-refractivity contribution in [3.05, 3.63) is 109 Å².